The van der Waals surface area contributed by atoms with Crippen molar-refractivity contribution in [3.63, 3.8) is 0 Å². The molecule has 32 heavy (non-hydrogen) atoms. The zero-order valence-electron chi connectivity index (χ0n) is 19.3. The summed E-state index contributed by atoms with van der Waals surface area (Å²) in [6.07, 6.45) is 19.2. The highest BCUT2D eigenvalue weighted by atomic mass is 19.1. The van der Waals surface area contributed by atoms with Crippen LogP contribution in [0.2, 0.25) is 0 Å². The Morgan fingerprint density at radius 2 is 2.03 bits per heavy atom. The summed E-state index contributed by atoms with van der Waals surface area (Å²) in [5.41, 5.74) is 6.89. The smallest absolute Gasteiger partial charge is 0.123 e. The quantitative estimate of drug-likeness (QED) is 0.333. The molecule has 2 atom stereocenters. The van der Waals surface area contributed by atoms with Gasteiger partial charge in [0, 0.05) is 18.3 Å². The van der Waals surface area contributed by atoms with Gasteiger partial charge in [-0.1, -0.05) is 31.6 Å². The van der Waals surface area contributed by atoms with Gasteiger partial charge in [0.1, 0.15) is 5.82 Å². The number of aromatic nitrogens is 1. The minimum absolute atomic E-state index is 0.174. The van der Waals surface area contributed by atoms with Gasteiger partial charge in [-0.05, 0) is 105 Å². The van der Waals surface area contributed by atoms with Gasteiger partial charge in [0.05, 0.1) is 11.6 Å². The number of nitrogens with one attached hydrogen (secondary N) is 1. The second kappa shape index (κ2) is 10.9. The van der Waals surface area contributed by atoms with E-state index in [4.69, 9.17) is 0 Å². The molecule has 170 valence electrons. The lowest BCUT2D eigenvalue weighted by Crippen LogP contribution is -2.29. The fraction of sp³-hybridized carbons (Fsp3) is 0.500. The summed E-state index contributed by atoms with van der Waals surface area (Å²) in [5, 5.41) is 4.99. The van der Waals surface area contributed by atoms with E-state index in [9.17, 15) is 4.39 Å². The number of allylic oxidation sites excluding steroid dienone is 3. The first kappa shape index (κ1) is 22.7. The van der Waals surface area contributed by atoms with Gasteiger partial charge in [0.2, 0.25) is 0 Å². The molecule has 4 rings (SSSR count). The van der Waals surface area contributed by atoms with Crippen LogP contribution in [0, 0.1) is 17.7 Å². The second-order valence-electron chi connectivity index (χ2n) is 9.47. The summed E-state index contributed by atoms with van der Waals surface area (Å²) < 4.78 is 13.9. The largest absolute Gasteiger partial charge is 0.303 e. The van der Waals surface area contributed by atoms with Gasteiger partial charge in [0.15, 0.2) is 0 Å². The van der Waals surface area contributed by atoms with Crippen LogP contribution in [-0.4, -0.2) is 17.7 Å². The molecule has 1 saturated carbocycles. The van der Waals surface area contributed by atoms with Gasteiger partial charge in [-0.25, -0.2) is 4.39 Å². The molecule has 1 N–H and O–H groups in total. The fourth-order valence-corrected chi connectivity index (χ4v) is 5.91. The van der Waals surface area contributed by atoms with Gasteiger partial charge >= 0.3 is 0 Å². The van der Waals surface area contributed by atoms with E-state index in [-0.39, 0.29) is 5.82 Å². The molecule has 0 aliphatic heterocycles. The van der Waals surface area contributed by atoms with Crippen LogP contribution in [0.4, 0.5) is 4.39 Å². The van der Waals surface area contributed by atoms with Crippen molar-refractivity contribution in [3.8, 4) is 0 Å². The highest BCUT2D eigenvalue weighted by Gasteiger charge is 2.29. The van der Waals surface area contributed by atoms with Crippen molar-refractivity contribution < 1.29 is 4.39 Å². The summed E-state index contributed by atoms with van der Waals surface area (Å²) in [6.45, 7) is 6.00. The Kier molecular flexibility index (Phi) is 7.72. The van der Waals surface area contributed by atoms with Crippen molar-refractivity contribution in [1.29, 1.82) is 0 Å². The van der Waals surface area contributed by atoms with E-state index in [0.717, 1.165) is 42.0 Å². The molecule has 0 amide bonds. The Morgan fingerprint density at radius 3 is 2.75 bits per heavy atom. The number of nitrogens with zero attached hydrogens (tertiary/aromatic N) is 2. The molecule has 2 aliphatic rings. The van der Waals surface area contributed by atoms with Crippen LogP contribution in [0.5, 0.6) is 0 Å². The summed E-state index contributed by atoms with van der Waals surface area (Å²) >= 11 is 0. The van der Waals surface area contributed by atoms with Crippen LogP contribution in [0.3, 0.4) is 0 Å². The third-order valence-electron chi connectivity index (χ3n) is 7.71. The zero-order chi connectivity index (χ0) is 22.3. The number of halogens is 1. The van der Waals surface area contributed by atoms with Crippen molar-refractivity contribution in [2.45, 2.75) is 76.7 Å². The number of benzene rings is 1. The van der Waals surface area contributed by atoms with E-state index in [1.54, 1.807) is 12.1 Å². The van der Waals surface area contributed by atoms with E-state index in [1.165, 1.54) is 55.7 Å². The standard InChI is InChI=1S/C28H36FN3/c1-3-20(13-15-27(32-30-2)23-7-5-4-6-8-23)21-9-11-22(12-10-21)25-17-18-31-28-16-14-24(29)19-26(25)28/h4-5,7,14,16-22,27,32H,2-3,6,8-13,15H2,1H3. The van der Waals surface area contributed by atoms with Crippen molar-refractivity contribution in [2.24, 2.45) is 16.9 Å². The maximum Gasteiger partial charge on any atom is 0.123 e. The molecule has 1 fully saturated rings. The Bertz CT molecular complexity index is 972. The molecule has 1 aromatic carbocycles. The number of hydrogen-bond donors (Lipinski definition) is 1. The Morgan fingerprint density at radius 1 is 1.19 bits per heavy atom. The predicted molar refractivity (Wildman–Crippen MR) is 132 cm³/mol. The van der Waals surface area contributed by atoms with Crippen LogP contribution >= 0.6 is 0 Å². The summed E-state index contributed by atoms with van der Waals surface area (Å²) in [7, 11) is 0. The highest BCUT2D eigenvalue weighted by molar-refractivity contribution is 5.82. The third-order valence-corrected chi connectivity index (χ3v) is 7.71. The van der Waals surface area contributed by atoms with Gasteiger partial charge in [-0.2, -0.15) is 5.10 Å². The topological polar surface area (TPSA) is 37.3 Å². The maximum atomic E-state index is 13.9. The molecular formula is C28H36FN3. The normalized spacial score (nSPS) is 22.9. The minimum atomic E-state index is -0.174. The molecule has 0 radical (unpaired) electrons. The van der Waals surface area contributed by atoms with Gasteiger partial charge in [0.25, 0.3) is 0 Å². The molecule has 2 aromatic rings. The number of rotatable bonds is 9. The SMILES string of the molecule is C=NNC(CCC(CC)C1CCC(c2ccnc3ccc(F)cc23)CC1)C1=CC=CCC1. The van der Waals surface area contributed by atoms with Gasteiger partial charge < -0.3 is 5.43 Å². The summed E-state index contributed by atoms with van der Waals surface area (Å²) in [6, 6.07) is 7.38. The van der Waals surface area contributed by atoms with E-state index >= 15 is 0 Å². The molecule has 4 heteroatoms. The van der Waals surface area contributed by atoms with Gasteiger partial charge in [-0.3, -0.25) is 4.98 Å². The first-order chi connectivity index (χ1) is 15.7. The lowest BCUT2D eigenvalue weighted by Gasteiger charge is -2.35. The minimum Gasteiger partial charge on any atom is -0.303 e. The number of hydrogen-bond acceptors (Lipinski definition) is 3. The average Bonchev–Trinajstić information content (AvgIpc) is 2.84. The third kappa shape index (κ3) is 5.28. The lowest BCUT2D eigenvalue weighted by molar-refractivity contribution is 0.210. The van der Waals surface area contributed by atoms with Crippen molar-refractivity contribution in [1.82, 2.24) is 10.4 Å². The Balaban J connectivity index is 1.37. The van der Waals surface area contributed by atoms with Crippen LogP contribution < -0.4 is 5.43 Å². The van der Waals surface area contributed by atoms with Crippen molar-refractivity contribution in [2.75, 3.05) is 0 Å². The van der Waals surface area contributed by atoms with Crippen molar-refractivity contribution in [3.05, 3.63) is 65.6 Å². The highest BCUT2D eigenvalue weighted by Crippen LogP contribution is 2.42. The number of fused-ring (bicyclic) bond motifs is 1. The van der Waals surface area contributed by atoms with Crippen LogP contribution in [0.25, 0.3) is 10.9 Å². The molecule has 0 spiro atoms. The molecular weight excluding hydrogens is 397 g/mol. The molecule has 0 bridgehead atoms. The monoisotopic (exact) mass is 433 g/mol. The maximum absolute atomic E-state index is 13.9. The van der Waals surface area contributed by atoms with Crippen LogP contribution in [0.15, 0.2) is 59.4 Å². The Hall–Kier alpha value is -2.49. The molecule has 1 aromatic heterocycles. The molecule has 1 heterocycles. The lowest BCUT2D eigenvalue weighted by atomic mass is 9.71. The van der Waals surface area contributed by atoms with Crippen LogP contribution in [-0.2, 0) is 0 Å². The molecule has 2 unspecified atom stereocenters. The molecule has 3 nitrogen and oxygen atoms in total. The van der Waals surface area contributed by atoms with E-state index in [2.05, 4.69) is 53.4 Å². The van der Waals surface area contributed by atoms with E-state index in [1.807, 2.05) is 6.20 Å². The van der Waals surface area contributed by atoms with Crippen LogP contribution in [0.1, 0.15) is 76.2 Å². The van der Waals surface area contributed by atoms with Crippen molar-refractivity contribution >= 4 is 17.6 Å². The molecule has 0 saturated heterocycles. The van der Waals surface area contributed by atoms with E-state index in [0.29, 0.717) is 12.0 Å². The zero-order valence-corrected chi connectivity index (χ0v) is 19.3. The Labute approximate surface area is 191 Å². The number of pyridine rings is 1. The average molecular weight is 434 g/mol. The predicted octanol–water partition coefficient (Wildman–Crippen LogP) is 7.30. The first-order valence-electron chi connectivity index (χ1n) is 12.3. The first-order valence-corrected chi connectivity index (χ1v) is 12.3. The molecule has 2 aliphatic carbocycles. The number of hydrazone groups is 1. The summed E-state index contributed by atoms with van der Waals surface area (Å²) in [5.74, 6) is 1.86. The van der Waals surface area contributed by atoms with E-state index < -0.39 is 0 Å². The fourth-order valence-electron chi connectivity index (χ4n) is 5.91. The summed E-state index contributed by atoms with van der Waals surface area (Å²) in [4.78, 5) is 4.44. The van der Waals surface area contributed by atoms with Gasteiger partial charge in [-0.15, -0.1) is 0 Å². The second-order valence-corrected chi connectivity index (χ2v) is 9.47.